The maximum atomic E-state index is 2.32. The van der Waals surface area contributed by atoms with Crippen LogP contribution in [0.1, 0.15) is 33.4 Å². The van der Waals surface area contributed by atoms with Crippen LogP contribution in [-0.2, 0) is 0 Å². The van der Waals surface area contributed by atoms with Crippen molar-refractivity contribution in [1.82, 2.24) is 0 Å². The molecule has 0 unspecified atom stereocenters. The monoisotopic (exact) mass is 403 g/mol. The van der Waals surface area contributed by atoms with Crippen LogP contribution in [0.2, 0.25) is 0 Å². The predicted molar refractivity (Wildman–Crippen MR) is 135 cm³/mol. The lowest BCUT2D eigenvalue weighted by Gasteiger charge is -2.26. The van der Waals surface area contributed by atoms with Crippen molar-refractivity contribution in [1.29, 1.82) is 0 Å². The van der Waals surface area contributed by atoms with Crippen LogP contribution in [0.3, 0.4) is 0 Å². The van der Waals surface area contributed by atoms with E-state index in [9.17, 15) is 0 Å². The van der Waals surface area contributed by atoms with Crippen LogP contribution in [0.4, 0.5) is 17.1 Å². The zero-order valence-electron chi connectivity index (χ0n) is 18.8. The maximum absolute atomic E-state index is 2.32. The van der Waals surface area contributed by atoms with E-state index in [1.165, 1.54) is 33.4 Å². The summed E-state index contributed by atoms with van der Waals surface area (Å²) in [6.45, 7) is 8.55. The number of hydrogen-bond donors (Lipinski definition) is 0. The third kappa shape index (κ3) is 4.95. The van der Waals surface area contributed by atoms with Crippen LogP contribution in [0, 0.1) is 27.7 Å². The number of rotatable bonds is 5. The highest BCUT2D eigenvalue weighted by Crippen LogP contribution is 2.35. The van der Waals surface area contributed by atoms with Gasteiger partial charge in [-0.2, -0.15) is 0 Å². The molecule has 0 aliphatic heterocycles. The third-order valence-electron chi connectivity index (χ3n) is 5.63. The average Bonchev–Trinajstić information content (AvgIpc) is 2.77. The molecule has 0 N–H and O–H groups in total. The summed E-state index contributed by atoms with van der Waals surface area (Å²) in [6.07, 6.45) is 4.38. The molecule has 0 saturated carbocycles. The molecule has 0 radical (unpaired) electrons. The Labute approximate surface area is 186 Å². The van der Waals surface area contributed by atoms with E-state index in [1.807, 2.05) is 0 Å². The first-order valence-electron chi connectivity index (χ1n) is 10.8. The van der Waals surface area contributed by atoms with Gasteiger partial charge >= 0.3 is 0 Å². The smallest absolute Gasteiger partial charge is 0.0464 e. The fraction of sp³-hybridized carbons (Fsp3) is 0.133. The van der Waals surface area contributed by atoms with Gasteiger partial charge in [0, 0.05) is 17.1 Å². The molecule has 31 heavy (non-hydrogen) atoms. The molecule has 0 atom stereocenters. The molecule has 0 aromatic heterocycles. The lowest BCUT2D eigenvalue weighted by molar-refractivity contribution is 1.25. The van der Waals surface area contributed by atoms with Gasteiger partial charge in [-0.25, -0.2) is 0 Å². The highest BCUT2D eigenvalue weighted by molar-refractivity contribution is 5.79. The van der Waals surface area contributed by atoms with E-state index >= 15 is 0 Å². The molecule has 154 valence electrons. The largest absolute Gasteiger partial charge is 0.310 e. The normalized spacial score (nSPS) is 11.1. The minimum absolute atomic E-state index is 1.16. The first-order valence-corrected chi connectivity index (χ1v) is 10.8. The van der Waals surface area contributed by atoms with Crippen molar-refractivity contribution in [3.05, 3.63) is 124 Å². The van der Waals surface area contributed by atoms with Gasteiger partial charge in [-0.3, -0.25) is 0 Å². The summed E-state index contributed by atoms with van der Waals surface area (Å²) in [5.74, 6) is 0. The van der Waals surface area contributed by atoms with Gasteiger partial charge in [0.1, 0.15) is 0 Å². The molecule has 0 fully saturated rings. The number of nitrogens with zero attached hydrogens (tertiary/aromatic N) is 1. The van der Waals surface area contributed by atoms with E-state index in [0.29, 0.717) is 0 Å². The zero-order valence-corrected chi connectivity index (χ0v) is 18.8. The molecule has 0 amide bonds. The number of aryl methyl sites for hydroxylation is 4. The van der Waals surface area contributed by atoms with Gasteiger partial charge in [-0.1, -0.05) is 83.4 Å². The van der Waals surface area contributed by atoms with E-state index in [-0.39, 0.29) is 0 Å². The summed E-state index contributed by atoms with van der Waals surface area (Å²) < 4.78 is 0. The summed E-state index contributed by atoms with van der Waals surface area (Å²) in [5.41, 5.74) is 11.0. The van der Waals surface area contributed by atoms with Gasteiger partial charge in [0.15, 0.2) is 0 Å². The van der Waals surface area contributed by atoms with Crippen LogP contribution < -0.4 is 4.90 Å². The Morgan fingerprint density at radius 2 is 0.935 bits per heavy atom. The second-order valence-corrected chi connectivity index (χ2v) is 8.29. The summed E-state index contributed by atoms with van der Waals surface area (Å²) in [7, 11) is 0. The zero-order chi connectivity index (χ0) is 21.8. The Bertz CT molecular complexity index is 1140. The van der Waals surface area contributed by atoms with Crippen LogP contribution in [0.5, 0.6) is 0 Å². The second-order valence-electron chi connectivity index (χ2n) is 8.29. The van der Waals surface area contributed by atoms with Gasteiger partial charge in [0.05, 0.1) is 0 Å². The van der Waals surface area contributed by atoms with E-state index in [4.69, 9.17) is 0 Å². The Hall–Kier alpha value is -3.58. The van der Waals surface area contributed by atoms with Crippen LogP contribution in [0.25, 0.3) is 12.2 Å². The minimum Gasteiger partial charge on any atom is -0.310 e. The lowest BCUT2D eigenvalue weighted by Crippen LogP contribution is -2.10. The van der Waals surface area contributed by atoms with Crippen LogP contribution >= 0.6 is 0 Å². The molecule has 0 heterocycles. The molecular formula is C30H29N. The van der Waals surface area contributed by atoms with E-state index in [0.717, 1.165) is 17.1 Å². The second kappa shape index (κ2) is 9.06. The van der Waals surface area contributed by atoms with Crippen molar-refractivity contribution in [3.63, 3.8) is 0 Å². The van der Waals surface area contributed by atoms with Gasteiger partial charge in [-0.05, 0) is 80.8 Å². The van der Waals surface area contributed by atoms with Gasteiger partial charge in [0.2, 0.25) is 0 Å². The quantitative estimate of drug-likeness (QED) is 0.302. The van der Waals surface area contributed by atoms with E-state index in [2.05, 4.69) is 136 Å². The van der Waals surface area contributed by atoms with Crippen molar-refractivity contribution in [2.24, 2.45) is 0 Å². The number of hydrogen-bond acceptors (Lipinski definition) is 1. The third-order valence-corrected chi connectivity index (χ3v) is 5.63. The molecule has 0 aliphatic carbocycles. The number of anilines is 3. The minimum atomic E-state index is 1.16. The molecule has 0 aliphatic rings. The van der Waals surface area contributed by atoms with Crippen molar-refractivity contribution in [2.45, 2.75) is 27.7 Å². The molecule has 0 saturated heterocycles. The topological polar surface area (TPSA) is 3.24 Å². The summed E-state index contributed by atoms with van der Waals surface area (Å²) in [6, 6.07) is 32.7. The van der Waals surface area contributed by atoms with Crippen molar-refractivity contribution in [3.8, 4) is 0 Å². The number of benzene rings is 4. The standard InChI is InChI=1S/C30H29N/c1-22-5-11-26(12-6-22)13-14-27-15-20-30(21-25(27)4)31(28-16-7-23(2)8-17-28)29-18-9-24(3)10-19-29/h5-21H,1-4H3. The highest BCUT2D eigenvalue weighted by atomic mass is 15.1. The maximum Gasteiger partial charge on any atom is 0.0464 e. The SMILES string of the molecule is Cc1ccc(C=Cc2ccc(N(c3ccc(C)cc3)c3ccc(C)cc3)cc2C)cc1. The molecule has 1 nitrogen and oxygen atoms in total. The Balaban J connectivity index is 1.70. The summed E-state index contributed by atoms with van der Waals surface area (Å²) >= 11 is 0. The van der Waals surface area contributed by atoms with Crippen LogP contribution in [-0.4, -0.2) is 0 Å². The first kappa shape index (κ1) is 20.7. The predicted octanol–water partition coefficient (Wildman–Crippen LogP) is 8.56. The van der Waals surface area contributed by atoms with Crippen molar-refractivity contribution in [2.75, 3.05) is 4.90 Å². The molecule has 1 heteroatoms. The molecular weight excluding hydrogens is 374 g/mol. The van der Waals surface area contributed by atoms with Crippen molar-refractivity contribution < 1.29 is 0 Å². The summed E-state index contributed by atoms with van der Waals surface area (Å²) in [5, 5.41) is 0. The van der Waals surface area contributed by atoms with Gasteiger partial charge in [-0.15, -0.1) is 0 Å². The average molecular weight is 404 g/mol. The molecule has 0 spiro atoms. The van der Waals surface area contributed by atoms with Crippen LogP contribution in [0.15, 0.2) is 91.0 Å². The molecule has 4 aromatic carbocycles. The Kier molecular flexibility index (Phi) is 6.04. The molecule has 4 rings (SSSR count). The summed E-state index contributed by atoms with van der Waals surface area (Å²) in [4.78, 5) is 2.32. The Morgan fingerprint density at radius 3 is 1.42 bits per heavy atom. The van der Waals surface area contributed by atoms with E-state index in [1.54, 1.807) is 0 Å². The van der Waals surface area contributed by atoms with Crippen molar-refractivity contribution >= 4 is 29.2 Å². The molecule has 0 bridgehead atoms. The van der Waals surface area contributed by atoms with Gasteiger partial charge in [0.25, 0.3) is 0 Å². The lowest BCUT2D eigenvalue weighted by atomic mass is 10.0. The molecule has 4 aromatic rings. The fourth-order valence-corrected chi connectivity index (χ4v) is 3.68. The fourth-order valence-electron chi connectivity index (χ4n) is 3.68. The Morgan fingerprint density at radius 1 is 0.484 bits per heavy atom. The highest BCUT2D eigenvalue weighted by Gasteiger charge is 2.13. The first-order chi connectivity index (χ1) is 15.0. The van der Waals surface area contributed by atoms with E-state index < -0.39 is 0 Å². The van der Waals surface area contributed by atoms with Gasteiger partial charge < -0.3 is 4.90 Å².